The predicted octanol–water partition coefficient (Wildman–Crippen LogP) is 1.73. The Morgan fingerprint density at radius 1 is 1.15 bits per heavy atom. The molecular formula is C19H17N5O2. The maximum absolute atomic E-state index is 12.8. The number of hydrogen-bond acceptors (Lipinski definition) is 5. The quantitative estimate of drug-likeness (QED) is 0.677. The van der Waals surface area contributed by atoms with Crippen LogP contribution in [0.1, 0.15) is 12.1 Å². The van der Waals surface area contributed by atoms with E-state index in [4.69, 9.17) is 5.26 Å². The molecule has 1 amide bonds. The van der Waals surface area contributed by atoms with Crippen LogP contribution in [0.3, 0.4) is 0 Å². The van der Waals surface area contributed by atoms with Crippen LogP contribution < -0.4 is 5.56 Å². The van der Waals surface area contributed by atoms with Crippen LogP contribution in [0.5, 0.6) is 0 Å². The Bertz CT molecular complexity index is 1010. The predicted molar refractivity (Wildman–Crippen MR) is 95.9 cm³/mol. The van der Waals surface area contributed by atoms with Crippen molar-refractivity contribution in [3.05, 3.63) is 70.9 Å². The van der Waals surface area contributed by atoms with Gasteiger partial charge in [0.15, 0.2) is 0 Å². The second-order valence-electron chi connectivity index (χ2n) is 5.72. The van der Waals surface area contributed by atoms with E-state index in [0.717, 1.165) is 5.69 Å². The zero-order valence-electron chi connectivity index (χ0n) is 14.1. The molecule has 3 rings (SSSR count). The number of rotatable bonds is 6. The third-order valence-corrected chi connectivity index (χ3v) is 3.97. The lowest BCUT2D eigenvalue weighted by Crippen LogP contribution is -2.37. The molecule has 0 aliphatic heterocycles. The van der Waals surface area contributed by atoms with Crippen molar-refractivity contribution in [1.82, 2.24) is 19.4 Å². The van der Waals surface area contributed by atoms with Crippen molar-refractivity contribution < 1.29 is 4.79 Å². The summed E-state index contributed by atoms with van der Waals surface area (Å²) in [7, 11) is 0. The molecule has 0 fully saturated rings. The molecule has 1 aromatic carbocycles. The third kappa shape index (κ3) is 3.92. The highest BCUT2D eigenvalue weighted by Gasteiger charge is 2.17. The van der Waals surface area contributed by atoms with Crippen molar-refractivity contribution in [2.24, 2.45) is 0 Å². The van der Waals surface area contributed by atoms with Gasteiger partial charge in [-0.2, -0.15) is 5.26 Å². The Balaban J connectivity index is 1.87. The van der Waals surface area contributed by atoms with Gasteiger partial charge in [-0.15, -0.1) is 0 Å². The minimum atomic E-state index is -0.338. The molecule has 2 aromatic heterocycles. The summed E-state index contributed by atoms with van der Waals surface area (Å²) in [5.41, 5.74) is 1.64. The average molecular weight is 347 g/mol. The Kier molecular flexibility index (Phi) is 5.34. The third-order valence-electron chi connectivity index (χ3n) is 3.97. The first-order chi connectivity index (χ1) is 12.7. The molecule has 0 radical (unpaired) electrons. The van der Waals surface area contributed by atoms with E-state index in [1.807, 2.05) is 18.2 Å². The van der Waals surface area contributed by atoms with Gasteiger partial charge in [0.25, 0.3) is 5.56 Å². The lowest BCUT2D eigenvalue weighted by molar-refractivity contribution is -0.132. The Morgan fingerprint density at radius 3 is 2.73 bits per heavy atom. The van der Waals surface area contributed by atoms with Gasteiger partial charge in [-0.1, -0.05) is 18.2 Å². The van der Waals surface area contributed by atoms with Crippen molar-refractivity contribution in [3.8, 4) is 6.07 Å². The topological polar surface area (TPSA) is 91.9 Å². The number of carbonyl (C=O) groups excluding carboxylic acids is 1. The Morgan fingerprint density at radius 2 is 1.96 bits per heavy atom. The molecule has 26 heavy (non-hydrogen) atoms. The van der Waals surface area contributed by atoms with E-state index in [2.05, 4.69) is 16.0 Å². The van der Waals surface area contributed by atoms with Gasteiger partial charge in [-0.05, 0) is 24.3 Å². The SMILES string of the molecule is N#CCCN(Cc1ccccn1)C(=O)Cn1c(=O)cnc2ccccc21. The van der Waals surface area contributed by atoms with Crippen LogP contribution in [-0.4, -0.2) is 31.9 Å². The summed E-state index contributed by atoms with van der Waals surface area (Å²) in [5, 5.41) is 8.87. The van der Waals surface area contributed by atoms with Crippen LogP contribution in [0.2, 0.25) is 0 Å². The first-order valence-corrected chi connectivity index (χ1v) is 8.18. The molecule has 0 spiro atoms. The normalized spacial score (nSPS) is 10.4. The van der Waals surface area contributed by atoms with Gasteiger partial charge in [0.1, 0.15) is 6.54 Å². The maximum Gasteiger partial charge on any atom is 0.269 e. The number of pyridine rings is 1. The standard InChI is InChI=1S/C19H17N5O2/c20-9-5-11-23(13-15-6-3-4-10-21-15)19(26)14-24-17-8-2-1-7-16(17)22-12-18(24)25/h1-4,6-8,10,12H,5,11,13-14H2. The van der Waals surface area contributed by atoms with Crippen molar-refractivity contribution in [1.29, 1.82) is 5.26 Å². The van der Waals surface area contributed by atoms with Crippen LogP contribution in [-0.2, 0) is 17.9 Å². The van der Waals surface area contributed by atoms with E-state index in [1.165, 1.54) is 10.8 Å². The minimum Gasteiger partial charge on any atom is -0.334 e. The van der Waals surface area contributed by atoms with Crippen molar-refractivity contribution in [2.75, 3.05) is 6.54 Å². The van der Waals surface area contributed by atoms with Crippen LogP contribution in [0.4, 0.5) is 0 Å². The molecule has 7 nitrogen and oxygen atoms in total. The molecule has 0 unspecified atom stereocenters. The molecule has 130 valence electrons. The number of para-hydroxylation sites is 2. The number of nitrogens with zero attached hydrogens (tertiary/aromatic N) is 5. The van der Waals surface area contributed by atoms with Gasteiger partial charge >= 0.3 is 0 Å². The highest BCUT2D eigenvalue weighted by atomic mass is 16.2. The van der Waals surface area contributed by atoms with E-state index in [0.29, 0.717) is 17.6 Å². The summed E-state index contributed by atoms with van der Waals surface area (Å²) in [6, 6.07) is 14.7. The van der Waals surface area contributed by atoms with Gasteiger partial charge in [-0.25, -0.2) is 4.98 Å². The monoisotopic (exact) mass is 347 g/mol. The molecule has 2 heterocycles. The number of aromatic nitrogens is 3. The molecular weight excluding hydrogens is 330 g/mol. The fraction of sp³-hybridized carbons (Fsp3) is 0.211. The average Bonchev–Trinajstić information content (AvgIpc) is 2.68. The number of benzene rings is 1. The highest BCUT2D eigenvalue weighted by Crippen LogP contribution is 2.10. The number of amides is 1. The smallest absolute Gasteiger partial charge is 0.269 e. The van der Waals surface area contributed by atoms with Crippen molar-refractivity contribution in [2.45, 2.75) is 19.5 Å². The van der Waals surface area contributed by atoms with E-state index in [-0.39, 0.29) is 31.0 Å². The van der Waals surface area contributed by atoms with Gasteiger partial charge in [0, 0.05) is 12.7 Å². The molecule has 0 saturated carbocycles. The van der Waals surface area contributed by atoms with Crippen LogP contribution in [0.15, 0.2) is 59.7 Å². The van der Waals surface area contributed by atoms with Crippen LogP contribution in [0.25, 0.3) is 11.0 Å². The van der Waals surface area contributed by atoms with Gasteiger partial charge < -0.3 is 4.90 Å². The first kappa shape index (κ1) is 17.3. The summed E-state index contributed by atoms with van der Waals surface area (Å²) < 4.78 is 1.41. The van der Waals surface area contributed by atoms with Crippen LogP contribution >= 0.6 is 0 Å². The van der Waals surface area contributed by atoms with Gasteiger partial charge in [0.2, 0.25) is 5.91 Å². The summed E-state index contributed by atoms with van der Waals surface area (Å²) in [6.45, 7) is 0.461. The second-order valence-corrected chi connectivity index (χ2v) is 5.72. The van der Waals surface area contributed by atoms with E-state index < -0.39 is 0 Å². The fourth-order valence-electron chi connectivity index (χ4n) is 2.68. The molecule has 7 heteroatoms. The largest absolute Gasteiger partial charge is 0.334 e. The molecule has 0 aliphatic rings. The lowest BCUT2D eigenvalue weighted by atomic mass is 10.2. The lowest BCUT2D eigenvalue weighted by Gasteiger charge is -2.22. The summed E-state index contributed by atoms with van der Waals surface area (Å²) in [6.07, 6.45) is 3.09. The van der Waals surface area contributed by atoms with Gasteiger partial charge in [0.05, 0.1) is 42.0 Å². The Labute approximate surface area is 150 Å². The number of nitriles is 1. The molecule has 0 N–H and O–H groups in total. The molecule has 0 atom stereocenters. The summed E-state index contributed by atoms with van der Waals surface area (Å²) >= 11 is 0. The van der Waals surface area contributed by atoms with Crippen molar-refractivity contribution in [3.63, 3.8) is 0 Å². The second kappa shape index (κ2) is 8.03. The number of hydrogen-bond donors (Lipinski definition) is 0. The van der Waals surface area contributed by atoms with E-state index in [9.17, 15) is 9.59 Å². The highest BCUT2D eigenvalue weighted by molar-refractivity contribution is 5.80. The van der Waals surface area contributed by atoms with E-state index >= 15 is 0 Å². The summed E-state index contributed by atoms with van der Waals surface area (Å²) in [5.74, 6) is -0.246. The van der Waals surface area contributed by atoms with Crippen molar-refractivity contribution >= 4 is 16.9 Å². The zero-order valence-corrected chi connectivity index (χ0v) is 14.1. The molecule has 0 saturated heterocycles. The van der Waals surface area contributed by atoms with Gasteiger partial charge in [-0.3, -0.25) is 19.1 Å². The Hall–Kier alpha value is -3.53. The minimum absolute atomic E-state index is 0.111. The first-order valence-electron chi connectivity index (χ1n) is 8.18. The van der Waals surface area contributed by atoms with Crippen LogP contribution in [0, 0.1) is 11.3 Å². The summed E-state index contributed by atoms with van der Waals surface area (Å²) in [4.78, 5) is 34.9. The molecule has 0 aliphatic carbocycles. The maximum atomic E-state index is 12.8. The number of carbonyl (C=O) groups is 1. The molecule has 0 bridgehead atoms. The number of fused-ring (bicyclic) bond motifs is 1. The molecule has 3 aromatic rings. The fourth-order valence-corrected chi connectivity index (χ4v) is 2.68. The zero-order chi connectivity index (χ0) is 18.4. The van der Waals surface area contributed by atoms with E-state index in [1.54, 1.807) is 35.4 Å².